The number of H-pyrrole nitrogens is 1. The highest BCUT2D eigenvalue weighted by atomic mass is 35.5. The van der Waals surface area contributed by atoms with Gasteiger partial charge in [-0.2, -0.15) is 0 Å². The number of nitrogens with one attached hydrogen (secondary N) is 1. The molecule has 0 spiro atoms. The maximum Gasteiger partial charge on any atom is 0.344 e. The Labute approximate surface area is 144 Å². The number of aliphatic carboxylic acids is 1. The first-order valence-corrected chi connectivity index (χ1v) is 7.86. The number of hydrogen-bond donors (Lipinski definition) is 3. The molecule has 0 saturated carbocycles. The first kappa shape index (κ1) is 18.3. The smallest absolute Gasteiger partial charge is 0.344 e. The fourth-order valence-electron chi connectivity index (χ4n) is 2.19. The third-order valence-electron chi connectivity index (χ3n) is 3.40. The molecule has 0 fully saturated rings. The van der Waals surface area contributed by atoms with E-state index in [0.29, 0.717) is 30.4 Å². The van der Waals surface area contributed by atoms with Crippen LogP contribution in [-0.4, -0.2) is 50.3 Å². The van der Waals surface area contributed by atoms with Gasteiger partial charge in [-0.05, 0) is 24.6 Å². The van der Waals surface area contributed by atoms with Crippen LogP contribution in [0.25, 0.3) is 0 Å². The van der Waals surface area contributed by atoms with Crippen molar-refractivity contribution in [3.63, 3.8) is 0 Å². The summed E-state index contributed by atoms with van der Waals surface area (Å²) in [6, 6.07) is 5.21. The summed E-state index contributed by atoms with van der Waals surface area (Å²) in [7, 11) is 0. The number of benzene rings is 1. The second kappa shape index (κ2) is 8.68. The maximum absolute atomic E-state index is 10.8. The van der Waals surface area contributed by atoms with Crippen molar-refractivity contribution >= 4 is 17.6 Å². The summed E-state index contributed by atoms with van der Waals surface area (Å²) in [6.45, 7) is 3.10. The van der Waals surface area contributed by atoms with Gasteiger partial charge in [0.05, 0.1) is 18.2 Å². The summed E-state index contributed by atoms with van der Waals surface area (Å²) < 4.78 is 5.30. The summed E-state index contributed by atoms with van der Waals surface area (Å²) in [4.78, 5) is 20.1. The van der Waals surface area contributed by atoms with Gasteiger partial charge in [0.15, 0.2) is 6.10 Å². The molecule has 2 aromatic rings. The van der Waals surface area contributed by atoms with E-state index in [0.717, 1.165) is 11.4 Å². The number of aliphatic hydroxyl groups excluding tert-OH is 1. The minimum Gasteiger partial charge on any atom is -0.479 e. The Bertz CT molecular complexity index is 663. The van der Waals surface area contributed by atoms with Gasteiger partial charge in [0, 0.05) is 25.5 Å². The van der Waals surface area contributed by atoms with Crippen molar-refractivity contribution in [2.24, 2.45) is 0 Å². The highest BCUT2D eigenvalue weighted by molar-refractivity contribution is 6.32. The van der Waals surface area contributed by atoms with Gasteiger partial charge in [0.25, 0.3) is 0 Å². The second-order valence-corrected chi connectivity index (χ2v) is 5.74. The molecule has 0 saturated heterocycles. The molecule has 1 atom stereocenters. The van der Waals surface area contributed by atoms with Gasteiger partial charge in [-0.15, -0.1) is 0 Å². The van der Waals surface area contributed by atoms with E-state index in [9.17, 15) is 9.90 Å². The number of imidazole rings is 1. The molecule has 8 heteroatoms. The number of hydrogen-bond acceptors (Lipinski definition) is 5. The monoisotopic (exact) mass is 353 g/mol. The van der Waals surface area contributed by atoms with E-state index >= 15 is 0 Å². The average molecular weight is 354 g/mol. The molecule has 1 aromatic heterocycles. The normalized spacial score (nSPS) is 12.3. The van der Waals surface area contributed by atoms with Crippen molar-refractivity contribution in [1.29, 1.82) is 0 Å². The molecule has 130 valence electrons. The van der Waals surface area contributed by atoms with E-state index in [1.54, 1.807) is 24.5 Å². The predicted octanol–water partition coefficient (Wildman–Crippen LogP) is 1.91. The van der Waals surface area contributed by atoms with Gasteiger partial charge < -0.3 is 19.9 Å². The van der Waals surface area contributed by atoms with Crippen molar-refractivity contribution < 1.29 is 19.7 Å². The molecule has 1 heterocycles. The first-order valence-electron chi connectivity index (χ1n) is 7.49. The van der Waals surface area contributed by atoms with Crippen LogP contribution in [0.3, 0.4) is 0 Å². The fourth-order valence-corrected chi connectivity index (χ4v) is 2.44. The number of aromatic amines is 1. The lowest BCUT2D eigenvalue weighted by Crippen LogP contribution is -2.26. The minimum absolute atomic E-state index is 0.0335. The lowest BCUT2D eigenvalue weighted by molar-refractivity contribution is -0.144. The van der Waals surface area contributed by atoms with Crippen molar-refractivity contribution in [2.75, 3.05) is 13.2 Å². The third-order valence-corrected chi connectivity index (χ3v) is 3.69. The number of aromatic nitrogens is 2. The molecule has 0 radical (unpaired) electrons. The predicted molar refractivity (Wildman–Crippen MR) is 89.0 cm³/mol. The second-order valence-electron chi connectivity index (χ2n) is 5.33. The Kier molecular flexibility index (Phi) is 6.60. The Morgan fingerprint density at radius 2 is 2.25 bits per heavy atom. The number of halogens is 1. The number of nitrogens with zero attached hydrogens (tertiary/aromatic N) is 2. The number of rotatable bonds is 9. The van der Waals surface area contributed by atoms with Crippen LogP contribution in [-0.2, 0) is 17.9 Å². The summed E-state index contributed by atoms with van der Waals surface area (Å²) in [6.07, 6.45) is 2.45. The van der Waals surface area contributed by atoms with Gasteiger partial charge in [0.2, 0.25) is 0 Å². The summed E-state index contributed by atoms with van der Waals surface area (Å²) in [5.74, 6) is 0.0857. The van der Waals surface area contributed by atoms with Gasteiger partial charge >= 0.3 is 5.97 Å². The van der Waals surface area contributed by atoms with E-state index in [1.165, 1.54) is 6.92 Å². The van der Waals surface area contributed by atoms with E-state index in [1.807, 2.05) is 11.0 Å². The zero-order valence-corrected chi connectivity index (χ0v) is 14.0. The topological polar surface area (TPSA) is 98.7 Å². The molecule has 7 nitrogen and oxygen atoms in total. The SMILES string of the molecule is CC(Oc1ccc(CN(CCO)Cc2ncc[nH]2)cc1Cl)C(=O)O. The molecule has 0 aliphatic carbocycles. The standard InChI is InChI=1S/C16H20ClN3O4/c1-11(16(22)23)24-14-3-2-12(8-13(14)17)9-20(6-7-21)10-15-18-4-5-19-15/h2-5,8,11,21H,6-7,9-10H2,1H3,(H,18,19)(H,22,23). The van der Waals surface area contributed by atoms with E-state index in [2.05, 4.69) is 9.97 Å². The summed E-state index contributed by atoms with van der Waals surface area (Å²) in [5.41, 5.74) is 0.926. The Hall–Kier alpha value is -2.09. The van der Waals surface area contributed by atoms with Crippen LogP contribution in [0.2, 0.25) is 5.02 Å². The van der Waals surface area contributed by atoms with Crippen LogP contribution in [0.5, 0.6) is 5.75 Å². The fraction of sp³-hybridized carbons (Fsp3) is 0.375. The van der Waals surface area contributed by atoms with Crippen LogP contribution >= 0.6 is 11.6 Å². The Balaban J connectivity index is 2.04. The average Bonchev–Trinajstić information content (AvgIpc) is 3.03. The minimum atomic E-state index is -1.05. The molecule has 0 amide bonds. The first-order chi connectivity index (χ1) is 11.5. The molecule has 24 heavy (non-hydrogen) atoms. The zero-order valence-electron chi connectivity index (χ0n) is 13.3. The molecule has 1 aromatic carbocycles. The number of ether oxygens (including phenoxy) is 1. The highest BCUT2D eigenvalue weighted by Crippen LogP contribution is 2.27. The lowest BCUT2D eigenvalue weighted by Gasteiger charge is -2.21. The van der Waals surface area contributed by atoms with Crippen molar-refractivity contribution in [1.82, 2.24) is 14.9 Å². The van der Waals surface area contributed by atoms with Crippen molar-refractivity contribution in [3.8, 4) is 5.75 Å². The molecule has 2 rings (SSSR count). The maximum atomic E-state index is 10.8. The molecular weight excluding hydrogens is 334 g/mol. The highest BCUT2D eigenvalue weighted by Gasteiger charge is 2.15. The number of carbonyl (C=O) groups is 1. The molecule has 1 unspecified atom stereocenters. The van der Waals surface area contributed by atoms with Crippen LogP contribution in [0.15, 0.2) is 30.6 Å². The number of aliphatic hydroxyl groups is 1. The molecule has 3 N–H and O–H groups in total. The van der Waals surface area contributed by atoms with Gasteiger partial charge in [-0.3, -0.25) is 4.90 Å². The van der Waals surface area contributed by atoms with E-state index < -0.39 is 12.1 Å². The van der Waals surface area contributed by atoms with Crippen LogP contribution in [0.1, 0.15) is 18.3 Å². The summed E-state index contributed by atoms with van der Waals surface area (Å²) >= 11 is 6.18. The Morgan fingerprint density at radius 1 is 1.46 bits per heavy atom. The molecule has 0 aliphatic heterocycles. The van der Waals surface area contributed by atoms with E-state index in [-0.39, 0.29) is 6.61 Å². The van der Waals surface area contributed by atoms with Gasteiger partial charge in [0.1, 0.15) is 11.6 Å². The quantitative estimate of drug-likeness (QED) is 0.637. The number of carboxylic acid groups (broad SMARTS) is 1. The largest absolute Gasteiger partial charge is 0.479 e. The number of carboxylic acids is 1. The van der Waals surface area contributed by atoms with Crippen LogP contribution in [0.4, 0.5) is 0 Å². The zero-order chi connectivity index (χ0) is 17.5. The van der Waals surface area contributed by atoms with Crippen LogP contribution in [0, 0.1) is 0 Å². The van der Waals surface area contributed by atoms with Gasteiger partial charge in [-0.1, -0.05) is 17.7 Å². The van der Waals surface area contributed by atoms with E-state index in [4.69, 9.17) is 21.4 Å². The third kappa shape index (κ3) is 5.23. The van der Waals surface area contributed by atoms with Crippen molar-refractivity contribution in [2.45, 2.75) is 26.1 Å². The lowest BCUT2D eigenvalue weighted by atomic mass is 10.2. The van der Waals surface area contributed by atoms with Crippen LogP contribution < -0.4 is 4.74 Å². The summed E-state index contributed by atoms with van der Waals surface area (Å²) in [5, 5.41) is 18.5. The Morgan fingerprint density at radius 3 is 2.83 bits per heavy atom. The molecule has 0 bridgehead atoms. The van der Waals surface area contributed by atoms with Crippen molar-refractivity contribution in [3.05, 3.63) is 47.0 Å². The molecular formula is C16H20ClN3O4. The van der Waals surface area contributed by atoms with Gasteiger partial charge in [-0.25, -0.2) is 9.78 Å². The molecule has 0 aliphatic rings.